The Kier molecular flexibility index (Phi) is 9.69. The number of hydrogen-bond donors (Lipinski definition) is 4. The SMILES string of the molecule is O=C(NCC1(c2ccc(Cl)cc2)CC1)[C@@H]1CNC[C@H](NS(=O)(=O)c2cccc(Cl)c2)C1.O=C(O)C(F)(F)F. The van der Waals surface area contributed by atoms with Gasteiger partial charge in [-0.1, -0.05) is 41.4 Å². The van der Waals surface area contributed by atoms with Gasteiger partial charge in [0.05, 0.1) is 10.8 Å². The lowest BCUT2D eigenvalue weighted by Gasteiger charge is -2.30. The predicted molar refractivity (Wildman–Crippen MR) is 136 cm³/mol. The smallest absolute Gasteiger partial charge is 0.475 e. The van der Waals surface area contributed by atoms with Crippen LogP contribution < -0.4 is 15.4 Å². The first-order chi connectivity index (χ1) is 17.7. The average Bonchev–Trinajstić information content (AvgIpc) is 3.64. The Labute approximate surface area is 227 Å². The van der Waals surface area contributed by atoms with Gasteiger partial charge in [-0.25, -0.2) is 17.9 Å². The first-order valence-electron chi connectivity index (χ1n) is 11.5. The average molecular weight is 596 g/mol. The zero-order chi connectivity index (χ0) is 28.1. The number of aliphatic carboxylic acids is 1. The van der Waals surface area contributed by atoms with Crippen molar-refractivity contribution in [3.63, 3.8) is 0 Å². The number of carboxylic acids is 1. The van der Waals surface area contributed by atoms with Crippen LogP contribution in [-0.4, -0.2) is 57.3 Å². The monoisotopic (exact) mass is 595 g/mol. The van der Waals surface area contributed by atoms with Crippen LogP contribution in [-0.2, 0) is 25.0 Å². The topological polar surface area (TPSA) is 125 Å². The molecule has 1 amide bonds. The molecule has 208 valence electrons. The van der Waals surface area contributed by atoms with E-state index in [1.807, 2.05) is 24.3 Å². The molecule has 2 aromatic rings. The summed E-state index contributed by atoms with van der Waals surface area (Å²) in [6.07, 6.45) is -2.59. The molecule has 2 atom stereocenters. The van der Waals surface area contributed by atoms with Crippen LogP contribution in [0.4, 0.5) is 13.2 Å². The number of amides is 1. The second-order valence-electron chi connectivity index (χ2n) is 9.17. The highest BCUT2D eigenvalue weighted by molar-refractivity contribution is 7.89. The number of carbonyl (C=O) groups excluding carboxylic acids is 1. The Bertz CT molecular complexity index is 1260. The molecule has 1 aliphatic heterocycles. The maximum absolute atomic E-state index is 12.8. The van der Waals surface area contributed by atoms with Crippen LogP contribution in [0.15, 0.2) is 53.4 Å². The Balaban J connectivity index is 0.000000505. The van der Waals surface area contributed by atoms with Gasteiger partial charge in [-0.2, -0.15) is 13.2 Å². The Morgan fingerprint density at radius 3 is 2.24 bits per heavy atom. The summed E-state index contributed by atoms with van der Waals surface area (Å²) in [6.45, 7) is 1.57. The minimum atomic E-state index is -5.08. The summed E-state index contributed by atoms with van der Waals surface area (Å²) in [7, 11) is -3.71. The molecular formula is C24H26Cl2F3N3O5S. The summed E-state index contributed by atoms with van der Waals surface area (Å²) >= 11 is 11.9. The molecule has 1 saturated carbocycles. The lowest BCUT2D eigenvalue weighted by Crippen LogP contribution is -2.52. The molecule has 1 saturated heterocycles. The number of piperidine rings is 1. The Hall–Kier alpha value is -2.38. The summed E-state index contributed by atoms with van der Waals surface area (Å²) in [5.41, 5.74) is 1.17. The van der Waals surface area contributed by atoms with Gasteiger partial charge in [0.2, 0.25) is 15.9 Å². The van der Waals surface area contributed by atoms with Gasteiger partial charge in [0.15, 0.2) is 0 Å². The number of halogens is 5. The van der Waals surface area contributed by atoms with Crippen molar-refractivity contribution >= 4 is 45.1 Å². The number of carboxylic acid groups (broad SMARTS) is 1. The van der Waals surface area contributed by atoms with Gasteiger partial charge in [-0.15, -0.1) is 0 Å². The van der Waals surface area contributed by atoms with E-state index in [9.17, 15) is 26.4 Å². The van der Waals surface area contributed by atoms with Crippen LogP contribution in [0.1, 0.15) is 24.8 Å². The van der Waals surface area contributed by atoms with Crippen molar-refractivity contribution in [3.8, 4) is 0 Å². The molecule has 1 heterocycles. The minimum Gasteiger partial charge on any atom is -0.475 e. The van der Waals surface area contributed by atoms with Crippen molar-refractivity contribution in [1.29, 1.82) is 0 Å². The summed E-state index contributed by atoms with van der Waals surface area (Å²) in [5.74, 6) is -3.12. The van der Waals surface area contributed by atoms with Crippen LogP contribution in [0.2, 0.25) is 10.0 Å². The fourth-order valence-corrected chi connectivity index (χ4v) is 5.75. The molecule has 2 aliphatic rings. The van der Waals surface area contributed by atoms with E-state index in [1.54, 1.807) is 12.1 Å². The number of sulfonamides is 1. The molecule has 2 aromatic carbocycles. The van der Waals surface area contributed by atoms with E-state index in [4.69, 9.17) is 33.1 Å². The van der Waals surface area contributed by atoms with E-state index in [1.165, 1.54) is 17.7 Å². The van der Waals surface area contributed by atoms with E-state index >= 15 is 0 Å². The molecule has 38 heavy (non-hydrogen) atoms. The van der Waals surface area contributed by atoms with Crippen molar-refractivity contribution in [1.82, 2.24) is 15.4 Å². The first kappa shape index (κ1) is 30.2. The maximum Gasteiger partial charge on any atom is 0.490 e. The molecule has 14 heteroatoms. The van der Waals surface area contributed by atoms with Gasteiger partial charge in [-0.05, 0) is 55.2 Å². The third-order valence-electron chi connectivity index (χ3n) is 6.30. The van der Waals surface area contributed by atoms with E-state index in [0.29, 0.717) is 36.1 Å². The highest BCUT2D eigenvalue weighted by atomic mass is 35.5. The second kappa shape index (κ2) is 12.2. The fourth-order valence-electron chi connectivity index (χ4n) is 4.08. The Morgan fingerprint density at radius 1 is 1.05 bits per heavy atom. The van der Waals surface area contributed by atoms with E-state index < -0.39 is 22.2 Å². The lowest BCUT2D eigenvalue weighted by atomic mass is 9.93. The van der Waals surface area contributed by atoms with Crippen LogP contribution in [0, 0.1) is 5.92 Å². The van der Waals surface area contributed by atoms with E-state index in [0.717, 1.165) is 12.8 Å². The zero-order valence-electron chi connectivity index (χ0n) is 19.9. The van der Waals surface area contributed by atoms with Crippen molar-refractivity contribution in [3.05, 3.63) is 64.1 Å². The second-order valence-corrected chi connectivity index (χ2v) is 11.8. The molecule has 1 aliphatic carbocycles. The largest absolute Gasteiger partial charge is 0.490 e. The summed E-state index contributed by atoms with van der Waals surface area (Å²) in [6, 6.07) is 13.5. The van der Waals surface area contributed by atoms with E-state index in [-0.39, 0.29) is 28.2 Å². The molecule has 0 bridgehead atoms. The molecule has 0 radical (unpaired) electrons. The van der Waals surface area contributed by atoms with Gasteiger partial charge >= 0.3 is 12.1 Å². The summed E-state index contributed by atoms with van der Waals surface area (Å²) < 4.78 is 59.8. The normalized spacial score (nSPS) is 20.6. The molecule has 2 fully saturated rings. The van der Waals surface area contributed by atoms with E-state index in [2.05, 4.69) is 15.4 Å². The summed E-state index contributed by atoms with van der Waals surface area (Å²) in [4.78, 5) is 21.8. The van der Waals surface area contributed by atoms with Crippen molar-refractivity contribution in [2.24, 2.45) is 5.92 Å². The lowest BCUT2D eigenvalue weighted by molar-refractivity contribution is -0.192. The number of carbonyl (C=O) groups is 2. The predicted octanol–water partition coefficient (Wildman–Crippen LogP) is 3.73. The molecule has 0 unspecified atom stereocenters. The quantitative estimate of drug-likeness (QED) is 0.386. The number of benzene rings is 2. The number of nitrogens with one attached hydrogen (secondary N) is 3. The van der Waals surface area contributed by atoms with Gasteiger partial charge in [0, 0.05) is 41.1 Å². The zero-order valence-corrected chi connectivity index (χ0v) is 22.2. The van der Waals surface area contributed by atoms with Gasteiger partial charge in [-0.3, -0.25) is 4.79 Å². The van der Waals surface area contributed by atoms with Crippen LogP contribution >= 0.6 is 23.2 Å². The molecule has 4 rings (SSSR count). The van der Waals surface area contributed by atoms with Crippen molar-refractivity contribution in [2.45, 2.75) is 41.8 Å². The summed E-state index contributed by atoms with van der Waals surface area (Å²) in [5, 5.41) is 14.4. The highest BCUT2D eigenvalue weighted by Crippen LogP contribution is 2.47. The van der Waals surface area contributed by atoms with Crippen LogP contribution in [0.3, 0.4) is 0 Å². The third-order valence-corrected chi connectivity index (χ3v) is 8.31. The number of rotatable bonds is 7. The molecule has 0 aromatic heterocycles. The number of hydrogen-bond acceptors (Lipinski definition) is 5. The maximum atomic E-state index is 12.8. The van der Waals surface area contributed by atoms with Crippen LogP contribution in [0.25, 0.3) is 0 Å². The first-order valence-corrected chi connectivity index (χ1v) is 13.8. The third kappa shape index (κ3) is 8.31. The van der Waals surface area contributed by atoms with Crippen molar-refractivity contribution in [2.75, 3.05) is 19.6 Å². The standard InChI is InChI=1S/C22H25Cl2N3O3S.C2HF3O2/c23-17-6-4-16(5-7-17)22(8-9-22)14-26-21(28)15-10-19(13-25-12-15)27-31(29,30)20-3-1-2-18(24)11-20;3-2(4,5)1(6)7/h1-7,11,15,19,25,27H,8-10,12-14H2,(H,26,28);(H,6,7)/t15-,19+;/m0./s1. The molecule has 4 N–H and O–H groups in total. The van der Waals surface area contributed by atoms with Gasteiger partial charge in [0.25, 0.3) is 0 Å². The minimum absolute atomic E-state index is 0.0179. The molecule has 8 nitrogen and oxygen atoms in total. The Morgan fingerprint density at radius 2 is 1.68 bits per heavy atom. The van der Waals surface area contributed by atoms with Crippen molar-refractivity contribution < 1.29 is 36.3 Å². The molecular weight excluding hydrogens is 570 g/mol. The molecule has 0 spiro atoms. The highest BCUT2D eigenvalue weighted by Gasteiger charge is 2.44. The number of alkyl halides is 3. The van der Waals surface area contributed by atoms with Gasteiger partial charge in [0.1, 0.15) is 0 Å². The fraction of sp³-hybridized carbons (Fsp3) is 0.417. The van der Waals surface area contributed by atoms with Crippen LogP contribution in [0.5, 0.6) is 0 Å². The van der Waals surface area contributed by atoms with Gasteiger partial charge < -0.3 is 15.7 Å².